The number of carbonyl (C=O) groups excluding carboxylic acids is 1. The third-order valence-corrected chi connectivity index (χ3v) is 5.77. The number of nitrogens with zero attached hydrogens (tertiary/aromatic N) is 4. The smallest absolute Gasteiger partial charge is 0.265 e. The maximum atomic E-state index is 13.5. The van der Waals surface area contributed by atoms with E-state index in [1.165, 1.54) is 4.90 Å². The average molecular weight is 383 g/mol. The van der Waals surface area contributed by atoms with Gasteiger partial charge >= 0.3 is 0 Å². The molecule has 9 heteroatoms. The van der Waals surface area contributed by atoms with Crippen LogP contribution in [0.2, 0.25) is 0 Å². The van der Waals surface area contributed by atoms with Crippen molar-refractivity contribution in [1.82, 2.24) is 19.9 Å². The van der Waals surface area contributed by atoms with Crippen molar-refractivity contribution >= 4 is 5.91 Å². The molecule has 3 fully saturated rings. The largest absolute Gasteiger partial charge is 0.338 e. The predicted molar refractivity (Wildman–Crippen MR) is 93.2 cm³/mol. The van der Waals surface area contributed by atoms with Crippen LogP contribution >= 0.6 is 0 Å². The first-order valence-electron chi connectivity index (χ1n) is 9.90. The lowest BCUT2D eigenvalue weighted by Crippen LogP contribution is -2.50. The van der Waals surface area contributed by atoms with E-state index in [0.29, 0.717) is 18.2 Å². The van der Waals surface area contributed by atoms with Gasteiger partial charge < -0.3 is 15.2 Å². The monoisotopic (exact) mass is 383 g/mol. The van der Waals surface area contributed by atoms with E-state index < -0.39 is 12.5 Å². The zero-order valence-electron chi connectivity index (χ0n) is 15.4. The Labute approximate surface area is 157 Å². The number of halogens is 2. The summed E-state index contributed by atoms with van der Waals surface area (Å²) in [5.41, 5.74) is 6.15. The zero-order valence-corrected chi connectivity index (χ0v) is 15.4. The van der Waals surface area contributed by atoms with Crippen LogP contribution in [0.1, 0.15) is 68.6 Å². The van der Waals surface area contributed by atoms with E-state index in [0.717, 1.165) is 44.6 Å². The number of hydrogen-bond donors (Lipinski definition) is 1. The normalized spacial score (nSPS) is 27.3. The van der Waals surface area contributed by atoms with Gasteiger partial charge in [0.1, 0.15) is 0 Å². The maximum absolute atomic E-state index is 13.5. The van der Waals surface area contributed by atoms with Gasteiger partial charge in [-0.25, -0.2) is 8.78 Å². The molecule has 3 aliphatic rings. The minimum atomic E-state index is -2.80. The van der Waals surface area contributed by atoms with Gasteiger partial charge in [-0.05, 0) is 38.6 Å². The molecule has 7 nitrogen and oxygen atoms in total. The van der Waals surface area contributed by atoms with Gasteiger partial charge in [0, 0.05) is 37.9 Å². The van der Waals surface area contributed by atoms with Gasteiger partial charge in [0.05, 0.1) is 12.6 Å². The molecule has 3 heterocycles. The van der Waals surface area contributed by atoms with Crippen LogP contribution in [-0.4, -0.2) is 64.0 Å². The number of rotatable bonds is 7. The van der Waals surface area contributed by atoms with Gasteiger partial charge in [-0.1, -0.05) is 5.16 Å². The lowest BCUT2D eigenvalue weighted by atomic mass is 10.1. The van der Waals surface area contributed by atoms with E-state index in [1.807, 2.05) is 0 Å². The summed E-state index contributed by atoms with van der Waals surface area (Å²) in [6.45, 7) is 1.32. The molecule has 0 spiro atoms. The van der Waals surface area contributed by atoms with E-state index in [-0.39, 0.29) is 37.4 Å². The molecule has 1 amide bonds. The highest BCUT2D eigenvalue weighted by atomic mass is 19.3. The average Bonchev–Trinajstić information content (AvgIpc) is 3.17. The highest BCUT2D eigenvalue weighted by Gasteiger charge is 2.39. The van der Waals surface area contributed by atoms with Crippen LogP contribution in [0.25, 0.3) is 0 Å². The molecule has 0 aromatic carbocycles. The first-order chi connectivity index (χ1) is 12.9. The molecule has 150 valence electrons. The minimum absolute atomic E-state index is 0.103. The fourth-order valence-corrected chi connectivity index (χ4v) is 4.03. The summed E-state index contributed by atoms with van der Waals surface area (Å²) < 4.78 is 32.6. The number of carbonyl (C=O) groups is 1. The Bertz CT molecular complexity index is 678. The second-order valence-corrected chi connectivity index (χ2v) is 8.14. The van der Waals surface area contributed by atoms with Crippen LogP contribution in [0.15, 0.2) is 4.52 Å². The Kier molecular flexibility index (Phi) is 5.15. The Balaban J connectivity index is 1.28. The minimum Gasteiger partial charge on any atom is -0.338 e. The van der Waals surface area contributed by atoms with E-state index in [1.54, 1.807) is 0 Å². The van der Waals surface area contributed by atoms with Crippen molar-refractivity contribution in [3.05, 3.63) is 11.7 Å². The van der Waals surface area contributed by atoms with Crippen LogP contribution < -0.4 is 5.73 Å². The first kappa shape index (κ1) is 18.7. The molecule has 1 aromatic rings. The molecule has 1 saturated carbocycles. The lowest BCUT2D eigenvalue weighted by Gasteiger charge is -2.34. The van der Waals surface area contributed by atoms with Crippen LogP contribution in [0, 0.1) is 0 Å². The Morgan fingerprint density at radius 3 is 2.93 bits per heavy atom. The van der Waals surface area contributed by atoms with Crippen molar-refractivity contribution in [3.63, 3.8) is 0 Å². The number of amides is 1. The van der Waals surface area contributed by atoms with Gasteiger partial charge in [-0.15, -0.1) is 0 Å². The molecule has 1 aromatic heterocycles. The standard InChI is InChI=1S/C18H27F2N5O2/c19-18(20)7-5-15(26)25(11-18)10-13(21)6-9-24-8-1-2-14(24)17-22-16(23-27-17)12-3-4-12/h12-14H,1-11,21H2/t13-,14-/m0/s1. The molecule has 0 radical (unpaired) electrons. The third kappa shape index (κ3) is 4.45. The van der Waals surface area contributed by atoms with Crippen LogP contribution in [0.4, 0.5) is 8.78 Å². The van der Waals surface area contributed by atoms with E-state index in [4.69, 9.17) is 10.3 Å². The zero-order chi connectivity index (χ0) is 19.0. The number of likely N-dealkylation sites (tertiary alicyclic amines) is 2. The Morgan fingerprint density at radius 1 is 1.33 bits per heavy atom. The number of alkyl halides is 2. The summed E-state index contributed by atoms with van der Waals surface area (Å²) in [7, 11) is 0. The SMILES string of the molecule is N[C@@H](CCN1CCC[C@H]1c1nc(C2CC2)no1)CN1CC(F)(F)CCC1=O. The fourth-order valence-electron chi connectivity index (χ4n) is 4.03. The highest BCUT2D eigenvalue weighted by molar-refractivity contribution is 5.77. The second-order valence-electron chi connectivity index (χ2n) is 8.14. The summed E-state index contributed by atoms with van der Waals surface area (Å²) >= 11 is 0. The van der Waals surface area contributed by atoms with Crippen LogP contribution in [0.5, 0.6) is 0 Å². The van der Waals surface area contributed by atoms with Crippen molar-refractivity contribution < 1.29 is 18.1 Å². The van der Waals surface area contributed by atoms with Gasteiger partial charge in [-0.2, -0.15) is 4.98 Å². The molecule has 2 saturated heterocycles. The van der Waals surface area contributed by atoms with Crippen molar-refractivity contribution in [2.24, 2.45) is 5.73 Å². The molecule has 27 heavy (non-hydrogen) atoms. The van der Waals surface area contributed by atoms with E-state index in [9.17, 15) is 13.6 Å². The summed E-state index contributed by atoms with van der Waals surface area (Å²) in [4.78, 5) is 19.9. The quantitative estimate of drug-likeness (QED) is 0.775. The van der Waals surface area contributed by atoms with E-state index in [2.05, 4.69) is 15.0 Å². The van der Waals surface area contributed by atoms with Crippen molar-refractivity contribution in [1.29, 1.82) is 0 Å². The number of hydrogen-bond acceptors (Lipinski definition) is 6. The molecule has 4 rings (SSSR count). The summed E-state index contributed by atoms with van der Waals surface area (Å²) in [6.07, 6.45) is 4.47. The summed E-state index contributed by atoms with van der Waals surface area (Å²) in [6, 6.07) is -0.216. The molecule has 2 aliphatic heterocycles. The van der Waals surface area contributed by atoms with Crippen LogP contribution in [0.3, 0.4) is 0 Å². The predicted octanol–water partition coefficient (Wildman–Crippen LogP) is 2.06. The Morgan fingerprint density at radius 2 is 2.15 bits per heavy atom. The summed E-state index contributed by atoms with van der Waals surface area (Å²) in [5, 5.41) is 4.10. The maximum Gasteiger partial charge on any atom is 0.265 e. The number of nitrogens with two attached hydrogens (primary N) is 1. The van der Waals surface area contributed by atoms with Gasteiger partial charge in [-0.3, -0.25) is 9.69 Å². The van der Waals surface area contributed by atoms with Crippen molar-refractivity contribution in [3.8, 4) is 0 Å². The first-order valence-corrected chi connectivity index (χ1v) is 9.90. The second kappa shape index (κ2) is 7.43. The summed E-state index contributed by atoms with van der Waals surface area (Å²) in [5.74, 6) is -1.07. The molecule has 2 atom stereocenters. The van der Waals surface area contributed by atoms with Gasteiger partial charge in [0.2, 0.25) is 11.8 Å². The molecule has 0 unspecified atom stereocenters. The highest BCUT2D eigenvalue weighted by Crippen LogP contribution is 2.39. The third-order valence-electron chi connectivity index (χ3n) is 5.77. The fraction of sp³-hybridized carbons (Fsp3) is 0.833. The van der Waals surface area contributed by atoms with Crippen molar-refractivity contribution in [2.45, 2.75) is 68.9 Å². The lowest BCUT2D eigenvalue weighted by molar-refractivity contribution is -0.147. The van der Waals surface area contributed by atoms with Crippen LogP contribution in [-0.2, 0) is 4.79 Å². The molecule has 0 bridgehead atoms. The van der Waals surface area contributed by atoms with E-state index >= 15 is 0 Å². The molecule has 2 N–H and O–H groups in total. The topological polar surface area (TPSA) is 88.5 Å². The van der Waals surface area contributed by atoms with Gasteiger partial charge in [0.25, 0.3) is 5.92 Å². The number of aromatic nitrogens is 2. The number of piperidine rings is 1. The molecule has 1 aliphatic carbocycles. The molecular formula is C18H27F2N5O2. The van der Waals surface area contributed by atoms with Gasteiger partial charge in [0.15, 0.2) is 5.82 Å². The molecular weight excluding hydrogens is 356 g/mol. The van der Waals surface area contributed by atoms with Crippen molar-refractivity contribution in [2.75, 3.05) is 26.2 Å². The Hall–Kier alpha value is -1.61.